The van der Waals surface area contributed by atoms with Crippen molar-refractivity contribution in [3.63, 3.8) is 0 Å². The molecule has 2 aromatic carbocycles. The Kier molecular flexibility index (Phi) is 3.07. The van der Waals surface area contributed by atoms with Crippen molar-refractivity contribution in [2.45, 2.75) is 13.8 Å². The highest BCUT2D eigenvalue weighted by Gasteiger charge is 2.26. The van der Waals surface area contributed by atoms with Gasteiger partial charge in [0.1, 0.15) is 5.71 Å². The lowest BCUT2D eigenvalue weighted by Gasteiger charge is -2.03. The third-order valence-electron chi connectivity index (χ3n) is 3.28. The van der Waals surface area contributed by atoms with Gasteiger partial charge in [-0.2, -0.15) is 0 Å². The van der Waals surface area contributed by atoms with Crippen LogP contribution >= 0.6 is 11.6 Å². The summed E-state index contributed by atoms with van der Waals surface area (Å²) in [5.41, 5.74) is 4.93. The maximum atomic E-state index is 12.0. The second-order valence-corrected chi connectivity index (χ2v) is 5.33. The molecular formula is C16H13ClN2O. The quantitative estimate of drug-likeness (QED) is 0.844. The minimum atomic E-state index is -0.192. The van der Waals surface area contributed by atoms with E-state index in [1.807, 2.05) is 32.0 Å². The fourth-order valence-corrected chi connectivity index (χ4v) is 2.46. The number of aliphatic imine (C=N–C) groups is 1. The SMILES string of the molecule is Cc1ccc(N=C2C(=O)Nc3ccc(Cl)cc32)c(C)c1. The molecule has 3 nitrogen and oxygen atoms in total. The molecule has 20 heavy (non-hydrogen) atoms. The molecule has 0 aromatic heterocycles. The summed E-state index contributed by atoms with van der Waals surface area (Å²) in [6.07, 6.45) is 0. The van der Waals surface area contributed by atoms with Crippen molar-refractivity contribution in [1.82, 2.24) is 0 Å². The Labute approximate surface area is 122 Å². The molecule has 1 aliphatic rings. The number of amides is 1. The lowest BCUT2D eigenvalue weighted by atomic mass is 10.1. The molecule has 0 spiro atoms. The fourth-order valence-electron chi connectivity index (χ4n) is 2.29. The number of anilines is 1. The second kappa shape index (κ2) is 4.76. The van der Waals surface area contributed by atoms with Crippen molar-refractivity contribution in [3.05, 3.63) is 58.1 Å². The number of benzene rings is 2. The lowest BCUT2D eigenvalue weighted by Crippen LogP contribution is -2.14. The largest absolute Gasteiger partial charge is 0.320 e. The van der Waals surface area contributed by atoms with Crippen molar-refractivity contribution in [3.8, 4) is 0 Å². The summed E-state index contributed by atoms with van der Waals surface area (Å²) in [7, 11) is 0. The first-order chi connectivity index (χ1) is 9.54. The molecule has 0 saturated heterocycles. The van der Waals surface area contributed by atoms with Crippen LogP contribution in [0.15, 0.2) is 41.4 Å². The Bertz CT molecular complexity index is 750. The van der Waals surface area contributed by atoms with Gasteiger partial charge in [-0.1, -0.05) is 29.3 Å². The predicted molar refractivity (Wildman–Crippen MR) is 82.2 cm³/mol. The fraction of sp³-hybridized carbons (Fsp3) is 0.125. The van der Waals surface area contributed by atoms with Gasteiger partial charge in [0, 0.05) is 10.6 Å². The van der Waals surface area contributed by atoms with Crippen LogP contribution in [0.3, 0.4) is 0 Å². The number of halogens is 1. The zero-order valence-electron chi connectivity index (χ0n) is 11.2. The van der Waals surface area contributed by atoms with E-state index < -0.39 is 0 Å². The number of carbonyl (C=O) groups is 1. The standard InChI is InChI=1S/C16H13ClN2O/c1-9-3-5-13(10(2)7-9)18-15-12-8-11(17)4-6-14(12)19-16(15)20/h3-8H,1-2H3,(H,18,19,20). The molecule has 1 amide bonds. The summed E-state index contributed by atoms with van der Waals surface area (Å²) in [4.78, 5) is 16.5. The van der Waals surface area contributed by atoms with E-state index in [0.29, 0.717) is 10.7 Å². The van der Waals surface area contributed by atoms with E-state index in [0.717, 1.165) is 22.5 Å². The van der Waals surface area contributed by atoms with Crippen LogP contribution in [-0.4, -0.2) is 11.6 Å². The summed E-state index contributed by atoms with van der Waals surface area (Å²) in [6, 6.07) is 11.3. The molecule has 100 valence electrons. The van der Waals surface area contributed by atoms with Crippen LogP contribution in [0.25, 0.3) is 0 Å². The van der Waals surface area contributed by atoms with E-state index in [1.54, 1.807) is 18.2 Å². The Morgan fingerprint density at radius 1 is 1.10 bits per heavy atom. The number of rotatable bonds is 1. The average molecular weight is 285 g/mol. The molecular weight excluding hydrogens is 272 g/mol. The molecule has 1 heterocycles. The topological polar surface area (TPSA) is 41.5 Å². The maximum Gasteiger partial charge on any atom is 0.275 e. The number of nitrogens with zero attached hydrogens (tertiary/aromatic N) is 1. The van der Waals surface area contributed by atoms with E-state index in [2.05, 4.69) is 10.3 Å². The molecule has 0 saturated carbocycles. The number of aryl methyl sites for hydroxylation is 2. The Balaban J connectivity index is 2.13. The molecule has 0 atom stereocenters. The summed E-state index contributed by atoms with van der Waals surface area (Å²) in [5, 5.41) is 3.39. The second-order valence-electron chi connectivity index (χ2n) is 4.89. The van der Waals surface area contributed by atoms with Gasteiger partial charge >= 0.3 is 0 Å². The van der Waals surface area contributed by atoms with Gasteiger partial charge in [-0.25, -0.2) is 4.99 Å². The van der Waals surface area contributed by atoms with Gasteiger partial charge in [0.2, 0.25) is 0 Å². The third kappa shape index (κ3) is 2.21. The van der Waals surface area contributed by atoms with Crippen molar-refractivity contribution in [1.29, 1.82) is 0 Å². The molecule has 0 radical (unpaired) electrons. The smallest absolute Gasteiger partial charge is 0.275 e. The molecule has 1 N–H and O–H groups in total. The monoisotopic (exact) mass is 284 g/mol. The van der Waals surface area contributed by atoms with Crippen LogP contribution in [0.2, 0.25) is 5.02 Å². The van der Waals surface area contributed by atoms with E-state index >= 15 is 0 Å². The van der Waals surface area contributed by atoms with Gasteiger partial charge < -0.3 is 5.32 Å². The summed E-state index contributed by atoms with van der Waals surface area (Å²) >= 11 is 6.00. The van der Waals surface area contributed by atoms with Crippen LogP contribution in [0.4, 0.5) is 11.4 Å². The Hall–Kier alpha value is -2.13. The van der Waals surface area contributed by atoms with Crippen LogP contribution < -0.4 is 5.32 Å². The number of hydrogen-bond acceptors (Lipinski definition) is 2. The molecule has 0 fully saturated rings. The summed E-state index contributed by atoms with van der Waals surface area (Å²) < 4.78 is 0. The first kappa shape index (κ1) is 12.9. The van der Waals surface area contributed by atoms with Crippen LogP contribution in [0.5, 0.6) is 0 Å². The average Bonchev–Trinajstić information content (AvgIpc) is 2.69. The molecule has 0 bridgehead atoms. The molecule has 4 heteroatoms. The molecule has 1 aliphatic heterocycles. The molecule has 3 rings (SSSR count). The zero-order valence-corrected chi connectivity index (χ0v) is 12.0. The van der Waals surface area contributed by atoms with E-state index in [-0.39, 0.29) is 5.91 Å². The first-order valence-electron chi connectivity index (χ1n) is 6.32. The third-order valence-corrected chi connectivity index (χ3v) is 3.52. The zero-order chi connectivity index (χ0) is 14.3. The van der Waals surface area contributed by atoms with Crippen LogP contribution in [-0.2, 0) is 4.79 Å². The minimum Gasteiger partial charge on any atom is -0.320 e. The number of carbonyl (C=O) groups excluding carboxylic acids is 1. The highest BCUT2D eigenvalue weighted by Crippen LogP contribution is 2.29. The van der Waals surface area contributed by atoms with E-state index in [1.165, 1.54) is 5.56 Å². The van der Waals surface area contributed by atoms with E-state index in [9.17, 15) is 4.79 Å². The van der Waals surface area contributed by atoms with Crippen LogP contribution in [0.1, 0.15) is 16.7 Å². The van der Waals surface area contributed by atoms with Gasteiger partial charge in [-0.15, -0.1) is 0 Å². The summed E-state index contributed by atoms with van der Waals surface area (Å²) in [6.45, 7) is 4.01. The van der Waals surface area contributed by atoms with Gasteiger partial charge in [-0.3, -0.25) is 4.79 Å². The maximum absolute atomic E-state index is 12.0. The minimum absolute atomic E-state index is 0.192. The highest BCUT2D eigenvalue weighted by molar-refractivity contribution is 6.54. The normalized spacial score (nSPS) is 15.3. The van der Waals surface area contributed by atoms with E-state index in [4.69, 9.17) is 11.6 Å². The van der Waals surface area contributed by atoms with Crippen LogP contribution in [0, 0.1) is 13.8 Å². The Morgan fingerprint density at radius 2 is 1.90 bits per heavy atom. The van der Waals surface area contributed by atoms with Crippen molar-refractivity contribution in [2.24, 2.45) is 4.99 Å². The predicted octanol–water partition coefficient (Wildman–Crippen LogP) is 4.03. The van der Waals surface area contributed by atoms with Gasteiger partial charge in [-0.05, 0) is 43.7 Å². The molecule has 2 aromatic rings. The number of fused-ring (bicyclic) bond motifs is 1. The molecule has 0 unspecified atom stereocenters. The van der Waals surface area contributed by atoms with Gasteiger partial charge in [0.25, 0.3) is 5.91 Å². The number of hydrogen-bond donors (Lipinski definition) is 1. The first-order valence-corrected chi connectivity index (χ1v) is 6.69. The van der Waals surface area contributed by atoms with Crippen molar-refractivity contribution >= 4 is 34.6 Å². The van der Waals surface area contributed by atoms with Crippen molar-refractivity contribution in [2.75, 3.05) is 5.32 Å². The van der Waals surface area contributed by atoms with Crippen molar-refractivity contribution < 1.29 is 4.79 Å². The Morgan fingerprint density at radius 3 is 2.65 bits per heavy atom. The lowest BCUT2D eigenvalue weighted by molar-refractivity contribution is -0.110. The van der Waals surface area contributed by atoms with Gasteiger partial charge in [0.15, 0.2) is 0 Å². The molecule has 0 aliphatic carbocycles. The highest BCUT2D eigenvalue weighted by atomic mass is 35.5. The summed E-state index contributed by atoms with van der Waals surface area (Å²) in [5.74, 6) is -0.192. The van der Waals surface area contributed by atoms with Gasteiger partial charge in [0.05, 0.1) is 11.4 Å². The number of nitrogens with one attached hydrogen (secondary N) is 1.